The summed E-state index contributed by atoms with van der Waals surface area (Å²) in [5.41, 5.74) is 5.03. The summed E-state index contributed by atoms with van der Waals surface area (Å²) in [6.45, 7) is 0. The van der Waals surface area contributed by atoms with Crippen molar-refractivity contribution < 1.29 is 9.90 Å². The number of aromatic hydroxyl groups is 1. The van der Waals surface area contributed by atoms with Crippen LogP contribution >= 0.6 is 25.3 Å². The summed E-state index contributed by atoms with van der Waals surface area (Å²) in [5.74, 6) is -0.908. The quantitative estimate of drug-likeness (QED) is 0.514. The SMILES string of the molecule is NC(=O)c1ccc(S)c(S)c1O. The Morgan fingerprint density at radius 2 is 2.00 bits per heavy atom. The van der Waals surface area contributed by atoms with Crippen LogP contribution in [0.3, 0.4) is 0 Å². The third kappa shape index (κ3) is 1.51. The van der Waals surface area contributed by atoms with Crippen LogP contribution in [0.25, 0.3) is 0 Å². The van der Waals surface area contributed by atoms with Gasteiger partial charge in [-0.15, -0.1) is 25.3 Å². The fraction of sp³-hybridized carbons (Fsp3) is 0. The van der Waals surface area contributed by atoms with Gasteiger partial charge in [0, 0.05) is 4.90 Å². The molecule has 0 heterocycles. The van der Waals surface area contributed by atoms with E-state index in [4.69, 9.17) is 5.73 Å². The van der Waals surface area contributed by atoms with Crippen molar-refractivity contribution in [2.45, 2.75) is 9.79 Å². The molecule has 0 saturated heterocycles. The number of primary amides is 1. The summed E-state index contributed by atoms with van der Waals surface area (Å²) in [5, 5.41) is 9.32. The van der Waals surface area contributed by atoms with Gasteiger partial charge < -0.3 is 10.8 Å². The van der Waals surface area contributed by atoms with Crippen molar-refractivity contribution in [3.63, 3.8) is 0 Å². The molecule has 0 fully saturated rings. The second-order valence-corrected chi connectivity index (χ2v) is 3.12. The van der Waals surface area contributed by atoms with E-state index >= 15 is 0 Å². The van der Waals surface area contributed by atoms with E-state index in [1.807, 2.05) is 0 Å². The van der Waals surface area contributed by atoms with Gasteiger partial charge in [0.05, 0.1) is 10.5 Å². The van der Waals surface area contributed by atoms with Gasteiger partial charge in [0.1, 0.15) is 5.75 Å². The predicted octanol–water partition coefficient (Wildman–Crippen LogP) is 1.07. The first-order valence-corrected chi connectivity index (χ1v) is 3.97. The van der Waals surface area contributed by atoms with E-state index in [1.54, 1.807) is 6.07 Å². The summed E-state index contributed by atoms with van der Waals surface area (Å²) in [4.78, 5) is 11.4. The Morgan fingerprint density at radius 1 is 1.42 bits per heavy atom. The first kappa shape index (κ1) is 9.28. The van der Waals surface area contributed by atoms with Crippen LogP contribution in [-0.4, -0.2) is 11.0 Å². The average molecular weight is 201 g/mol. The van der Waals surface area contributed by atoms with E-state index in [1.165, 1.54) is 6.07 Å². The van der Waals surface area contributed by atoms with Crippen molar-refractivity contribution >= 4 is 31.2 Å². The number of hydrogen-bond acceptors (Lipinski definition) is 4. The van der Waals surface area contributed by atoms with Gasteiger partial charge in [-0.3, -0.25) is 4.79 Å². The number of rotatable bonds is 1. The molecule has 1 amide bonds. The standard InChI is InChI=1S/C7H7NO2S2/c8-7(10)3-1-2-4(11)6(12)5(3)9/h1-2,9,11-12H,(H2,8,10). The highest BCUT2D eigenvalue weighted by Crippen LogP contribution is 2.30. The van der Waals surface area contributed by atoms with Crippen LogP contribution in [0.2, 0.25) is 0 Å². The number of thiol groups is 2. The molecule has 3 N–H and O–H groups in total. The average Bonchev–Trinajstić information content (AvgIpc) is 2.00. The Balaban J connectivity index is 3.36. The molecule has 0 aliphatic heterocycles. The summed E-state index contributed by atoms with van der Waals surface area (Å²) in [7, 11) is 0. The molecule has 0 atom stereocenters. The van der Waals surface area contributed by atoms with E-state index in [0.717, 1.165) is 0 Å². The molecule has 5 heteroatoms. The lowest BCUT2D eigenvalue weighted by Crippen LogP contribution is -2.11. The maximum atomic E-state index is 10.7. The molecule has 3 nitrogen and oxygen atoms in total. The lowest BCUT2D eigenvalue weighted by molar-refractivity contribution is 0.0997. The monoisotopic (exact) mass is 201 g/mol. The molecule has 0 aliphatic carbocycles. The van der Waals surface area contributed by atoms with Crippen LogP contribution in [0, 0.1) is 0 Å². The minimum Gasteiger partial charge on any atom is -0.506 e. The van der Waals surface area contributed by atoms with E-state index in [0.29, 0.717) is 4.90 Å². The van der Waals surface area contributed by atoms with E-state index in [-0.39, 0.29) is 16.2 Å². The minimum absolute atomic E-state index is 0.0535. The molecule has 0 radical (unpaired) electrons. The van der Waals surface area contributed by atoms with Gasteiger partial charge in [-0.25, -0.2) is 0 Å². The predicted molar refractivity (Wildman–Crippen MR) is 51.1 cm³/mol. The van der Waals surface area contributed by atoms with Crippen LogP contribution in [0.1, 0.15) is 10.4 Å². The Morgan fingerprint density at radius 3 is 2.50 bits per heavy atom. The number of carbonyl (C=O) groups is 1. The van der Waals surface area contributed by atoms with Gasteiger partial charge in [-0.2, -0.15) is 0 Å². The van der Waals surface area contributed by atoms with Gasteiger partial charge >= 0.3 is 0 Å². The first-order chi connectivity index (χ1) is 5.54. The van der Waals surface area contributed by atoms with Crippen LogP contribution in [0.4, 0.5) is 0 Å². The Bertz CT molecular complexity index is 338. The zero-order valence-corrected chi connectivity index (χ0v) is 7.77. The van der Waals surface area contributed by atoms with Gasteiger partial charge in [-0.1, -0.05) is 0 Å². The number of amides is 1. The molecule has 1 aromatic carbocycles. The fourth-order valence-corrected chi connectivity index (χ4v) is 1.14. The second-order valence-electron chi connectivity index (χ2n) is 2.19. The van der Waals surface area contributed by atoms with Gasteiger partial charge in [-0.05, 0) is 12.1 Å². The lowest BCUT2D eigenvalue weighted by Gasteiger charge is -2.04. The molecular formula is C7H7NO2S2. The highest BCUT2D eigenvalue weighted by molar-refractivity contribution is 7.83. The third-order valence-corrected chi connectivity index (χ3v) is 2.40. The van der Waals surface area contributed by atoms with Crippen molar-refractivity contribution in [1.29, 1.82) is 0 Å². The number of carbonyl (C=O) groups excluding carboxylic acids is 1. The zero-order chi connectivity index (χ0) is 9.30. The molecule has 0 spiro atoms. The minimum atomic E-state index is -0.684. The molecular weight excluding hydrogens is 194 g/mol. The van der Waals surface area contributed by atoms with E-state index in [9.17, 15) is 9.90 Å². The summed E-state index contributed by atoms with van der Waals surface area (Å²) in [6.07, 6.45) is 0. The summed E-state index contributed by atoms with van der Waals surface area (Å²) >= 11 is 7.94. The van der Waals surface area contributed by atoms with E-state index < -0.39 is 5.91 Å². The largest absolute Gasteiger partial charge is 0.506 e. The Labute approximate surface area is 80.4 Å². The van der Waals surface area contributed by atoms with Gasteiger partial charge in [0.25, 0.3) is 5.91 Å². The van der Waals surface area contributed by atoms with Crippen LogP contribution < -0.4 is 5.73 Å². The molecule has 0 saturated carbocycles. The molecule has 1 rings (SSSR count). The van der Waals surface area contributed by atoms with Crippen molar-refractivity contribution in [1.82, 2.24) is 0 Å². The highest BCUT2D eigenvalue weighted by Gasteiger charge is 2.11. The van der Waals surface area contributed by atoms with Crippen molar-refractivity contribution in [3.8, 4) is 5.75 Å². The Hall–Kier alpha value is -0.810. The topological polar surface area (TPSA) is 63.3 Å². The smallest absolute Gasteiger partial charge is 0.252 e. The molecule has 0 aromatic heterocycles. The zero-order valence-electron chi connectivity index (χ0n) is 5.98. The molecule has 0 unspecified atom stereocenters. The van der Waals surface area contributed by atoms with Crippen LogP contribution in [0.5, 0.6) is 5.75 Å². The lowest BCUT2D eigenvalue weighted by atomic mass is 10.2. The molecule has 0 aliphatic rings. The first-order valence-electron chi connectivity index (χ1n) is 3.07. The maximum absolute atomic E-state index is 10.7. The fourth-order valence-electron chi connectivity index (χ4n) is 0.768. The van der Waals surface area contributed by atoms with E-state index in [2.05, 4.69) is 25.3 Å². The highest BCUT2D eigenvalue weighted by atomic mass is 32.1. The number of hydrogen-bond donors (Lipinski definition) is 4. The molecule has 12 heavy (non-hydrogen) atoms. The maximum Gasteiger partial charge on any atom is 0.252 e. The van der Waals surface area contributed by atoms with Crippen molar-refractivity contribution in [2.75, 3.05) is 0 Å². The van der Waals surface area contributed by atoms with Crippen LogP contribution in [-0.2, 0) is 0 Å². The van der Waals surface area contributed by atoms with Crippen molar-refractivity contribution in [2.24, 2.45) is 5.73 Å². The molecule has 0 bridgehead atoms. The third-order valence-electron chi connectivity index (χ3n) is 1.40. The number of benzene rings is 1. The summed E-state index contributed by atoms with van der Waals surface area (Å²) < 4.78 is 0. The number of phenols is 1. The second kappa shape index (κ2) is 3.28. The molecule has 1 aromatic rings. The van der Waals surface area contributed by atoms with Gasteiger partial charge in [0.15, 0.2) is 0 Å². The molecule has 64 valence electrons. The normalized spacial score (nSPS) is 9.83. The van der Waals surface area contributed by atoms with Crippen LogP contribution in [0.15, 0.2) is 21.9 Å². The Kier molecular flexibility index (Phi) is 2.54. The van der Waals surface area contributed by atoms with Gasteiger partial charge in [0.2, 0.25) is 0 Å². The van der Waals surface area contributed by atoms with Crippen molar-refractivity contribution in [3.05, 3.63) is 17.7 Å². The summed E-state index contributed by atoms with van der Waals surface area (Å²) in [6, 6.07) is 2.95. The number of nitrogens with two attached hydrogens (primary N) is 1.